The van der Waals surface area contributed by atoms with Crippen molar-refractivity contribution in [3.05, 3.63) is 47.0 Å². The van der Waals surface area contributed by atoms with Crippen molar-refractivity contribution >= 4 is 0 Å². The highest BCUT2D eigenvalue weighted by Gasteiger charge is 2.37. The van der Waals surface area contributed by atoms with Gasteiger partial charge in [0, 0.05) is 0 Å². The lowest BCUT2D eigenvalue weighted by molar-refractivity contribution is -0.142. The van der Waals surface area contributed by atoms with E-state index in [1.165, 1.54) is 32.1 Å². The normalized spacial score (nSPS) is 20.8. The van der Waals surface area contributed by atoms with Crippen molar-refractivity contribution in [2.24, 2.45) is 11.8 Å². The molecule has 1 fully saturated rings. The highest BCUT2D eigenvalue weighted by atomic mass is 19.4. The van der Waals surface area contributed by atoms with Gasteiger partial charge in [-0.05, 0) is 61.6 Å². The predicted octanol–water partition coefficient (Wildman–Crippen LogP) is 8.25. The molecule has 0 unspecified atom stereocenters. The van der Waals surface area contributed by atoms with Crippen molar-refractivity contribution in [2.75, 3.05) is 0 Å². The molecule has 0 amide bonds. The van der Waals surface area contributed by atoms with Gasteiger partial charge in [0.1, 0.15) is 17.2 Å². The average Bonchev–Trinajstić information content (AvgIpc) is 2.62. The molecule has 5 heteroatoms. The van der Waals surface area contributed by atoms with Gasteiger partial charge in [-0.15, -0.1) is 0 Å². The van der Waals surface area contributed by atoms with Crippen LogP contribution in [0, 0.1) is 23.5 Å². The van der Waals surface area contributed by atoms with E-state index in [4.69, 9.17) is 0 Å². The van der Waals surface area contributed by atoms with Crippen LogP contribution in [0.5, 0.6) is 0 Å². The van der Waals surface area contributed by atoms with E-state index in [1.807, 2.05) is 0 Å². The lowest BCUT2D eigenvalue weighted by Crippen LogP contribution is -2.15. The lowest BCUT2D eigenvalue weighted by Gasteiger charge is -2.28. The van der Waals surface area contributed by atoms with Crippen LogP contribution in [0.3, 0.4) is 0 Å². The van der Waals surface area contributed by atoms with Gasteiger partial charge in [-0.3, -0.25) is 0 Å². The zero-order valence-electron chi connectivity index (χ0n) is 16.6. The number of unbranched alkanes of at least 4 members (excludes halogenated alkanes) is 2. The minimum Gasteiger partial charge on any atom is -0.206 e. The largest absolute Gasteiger partial charge is 0.422 e. The summed E-state index contributed by atoms with van der Waals surface area (Å²) in [5, 5.41) is 0. The monoisotopic (exact) mass is 402 g/mol. The van der Waals surface area contributed by atoms with Gasteiger partial charge in [0.05, 0.1) is 0 Å². The van der Waals surface area contributed by atoms with E-state index in [0.29, 0.717) is 17.9 Å². The Morgan fingerprint density at radius 1 is 0.893 bits per heavy atom. The fourth-order valence-corrected chi connectivity index (χ4v) is 4.15. The maximum absolute atomic E-state index is 13.7. The summed E-state index contributed by atoms with van der Waals surface area (Å²) in [5.74, 6) is -1.77. The molecule has 0 aliphatic heterocycles. The fraction of sp³-hybridized carbons (Fsp3) is 0.652. The van der Waals surface area contributed by atoms with Gasteiger partial charge in [-0.25, -0.2) is 8.78 Å². The second kappa shape index (κ2) is 11.0. The van der Waals surface area contributed by atoms with Crippen LogP contribution in [0.2, 0.25) is 0 Å². The number of aryl methyl sites for hydroxylation is 1. The van der Waals surface area contributed by atoms with Crippen LogP contribution in [-0.4, -0.2) is 0 Å². The van der Waals surface area contributed by atoms with Crippen molar-refractivity contribution in [1.29, 1.82) is 0 Å². The average molecular weight is 402 g/mol. The van der Waals surface area contributed by atoms with Crippen molar-refractivity contribution < 1.29 is 22.0 Å². The Balaban J connectivity index is 1.73. The number of hydrogen-bond donors (Lipinski definition) is 0. The second-order valence-corrected chi connectivity index (χ2v) is 8.05. The molecular formula is C23H31F5. The predicted molar refractivity (Wildman–Crippen MR) is 103 cm³/mol. The SMILES string of the molecule is CCC/C=C/CCC[C@H]1CC[C@H](CCc2cc(F)c(C(F)(F)F)c(F)c2)CC1. The highest BCUT2D eigenvalue weighted by molar-refractivity contribution is 5.28. The smallest absolute Gasteiger partial charge is 0.206 e. The van der Waals surface area contributed by atoms with E-state index in [0.717, 1.165) is 50.2 Å². The molecule has 1 aromatic carbocycles. The summed E-state index contributed by atoms with van der Waals surface area (Å²) in [6, 6.07) is 1.67. The molecule has 0 aromatic heterocycles. The zero-order valence-corrected chi connectivity index (χ0v) is 16.6. The van der Waals surface area contributed by atoms with E-state index < -0.39 is 23.4 Å². The number of halogens is 5. The Hall–Kier alpha value is -1.39. The molecule has 2 rings (SSSR count). The van der Waals surface area contributed by atoms with Gasteiger partial charge in [0.15, 0.2) is 0 Å². The Bertz CT molecular complexity index is 601. The van der Waals surface area contributed by atoms with Crippen LogP contribution in [0.15, 0.2) is 24.3 Å². The van der Waals surface area contributed by atoms with Gasteiger partial charge >= 0.3 is 6.18 Å². The molecule has 1 aliphatic rings. The first-order chi connectivity index (χ1) is 13.3. The van der Waals surface area contributed by atoms with E-state index in [2.05, 4.69) is 19.1 Å². The quantitative estimate of drug-likeness (QED) is 0.222. The molecule has 0 bridgehead atoms. The first kappa shape index (κ1) is 22.9. The standard InChI is InChI=1S/C23H31F5/c1-2-3-4-5-6-7-8-17-9-11-18(12-10-17)13-14-19-15-20(24)22(21(25)16-19)23(26,27)28/h4-5,15-18H,2-3,6-14H2,1H3/b5-4+/t17-,18-. The highest BCUT2D eigenvalue weighted by Crippen LogP contribution is 2.36. The number of rotatable bonds is 9. The van der Waals surface area contributed by atoms with Crippen LogP contribution in [-0.2, 0) is 12.6 Å². The van der Waals surface area contributed by atoms with E-state index in [-0.39, 0.29) is 0 Å². The van der Waals surface area contributed by atoms with E-state index >= 15 is 0 Å². The number of allylic oxidation sites excluding steroid dienone is 2. The van der Waals surface area contributed by atoms with Crippen molar-refractivity contribution in [3.63, 3.8) is 0 Å². The first-order valence-electron chi connectivity index (χ1n) is 10.5. The molecule has 0 radical (unpaired) electrons. The molecule has 0 spiro atoms. The zero-order chi connectivity index (χ0) is 20.6. The summed E-state index contributed by atoms with van der Waals surface area (Å²) in [6.45, 7) is 2.17. The molecule has 1 aliphatic carbocycles. The number of benzene rings is 1. The first-order valence-corrected chi connectivity index (χ1v) is 10.5. The molecule has 0 nitrogen and oxygen atoms in total. The Morgan fingerprint density at radius 3 is 1.96 bits per heavy atom. The Labute approximate surface area is 165 Å². The van der Waals surface area contributed by atoms with Crippen LogP contribution in [0.25, 0.3) is 0 Å². The summed E-state index contributed by atoms with van der Waals surface area (Å²) in [6.07, 6.45) is 11.2. The molecule has 0 saturated heterocycles. The minimum absolute atomic E-state index is 0.309. The molecule has 0 N–H and O–H groups in total. The summed E-state index contributed by atoms with van der Waals surface area (Å²) in [4.78, 5) is 0. The number of alkyl halides is 3. The van der Waals surface area contributed by atoms with Gasteiger partial charge in [0.2, 0.25) is 0 Å². The Morgan fingerprint density at radius 2 is 1.43 bits per heavy atom. The maximum atomic E-state index is 13.7. The minimum atomic E-state index is -5.00. The van der Waals surface area contributed by atoms with Gasteiger partial charge in [-0.2, -0.15) is 13.2 Å². The molecule has 0 atom stereocenters. The molecule has 0 heterocycles. The van der Waals surface area contributed by atoms with Gasteiger partial charge in [-0.1, -0.05) is 57.6 Å². The van der Waals surface area contributed by atoms with Crippen molar-refractivity contribution in [2.45, 2.75) is 83.7 Å². The Kier molecular flexibility index (Phi) is 8.97. The van der Waals surface area contributed by atoms with Gasteiger partial charge in [0.25, 0.3) is 0 Å². The summed E-state index contributed by atoms with van der Waals surface area (Å²) in [5.41, 5.74) is -1.48. The van der Waals surface area contributed by atoms with Crippen LogP contribution in [0.1, 0.15) is 82.3 Å². The molecule has 1 saturated carbocycles. The van der Waals surface area contributed by atoms with E-state index in [9.17, 15) is 22.0 Å². The molecule has 158 valence electrons. The van der Waals surface area contributed by atoms with E-state index in [1.54, 1.807) is 0 Å². The van der Waals surface area contributed by atoms with Crippen LogP contribution in [0.4, 0.5) is 22.0 Å². The molecular weight excluding hydrogens is 371 g/mol. The molecule has 1 aromatic rings. The third-order valence-corrected chi connectivity index (χ3v) is 5.80. The van der Waals surface area contributed by atoms with Crippen LogP contribution >= 0.6 is 0 Å². The third-order valence-electron chi connectivity index (χ3n) is 5.80. The number of hydrogen-bond acceptors (Lipinski definition) is 0. The summed E-state index contributed by atoms with van der Waals surface area (Å²) < 4.78 is 65.3. The topological polar surface area (TPSA) is 0 Å². The summed E-state index contributed by atoms with van der Waals surface area (Å²) in [7, 11) is 0. The third kappa shape index (κ3) is 7.21. The summed E-state index contributed by atoms with van der Waals surface area (Å²) >= 11 is 0. The molecule has 28 heavy (non-hydrogen) atoms. The van der Waals surface area contributed by atoms with Gasteiger partial charge < -0.3 is 0 Å². The lowest BCUT2D eigenvalue weighted by atomic mass is 9.78. The fourth-order valence-electron chi connectivity index (χ4n) is 4.15. The van der Waals surface area contributed by atoms with Crippen molar-refractivity contribution in [1.82, 2.24) is 0 Å². The maximum Gasteiger partial charge on any atom is 0.422 e. The van der Waals surface area contributed by atoms with Crippen molar-refractivity contribution in [3.8, 4) is 0 Å². The van der Waals surface area contributed by atoms with Crippen LogP contribution < -0.4 is 0 Å². The second-order valence-electron chi connectivity index (χ2n) is 8.05.